The molecule has 0 spiro atoms. The molecular formula is C15H20N4O2S2. The molecular weight excluding hydrogens is 332 g/mol. The van der Waals surface area contributed by atoms with Crippen molar-refractivity contribution in [3.8, 4) is 0 Å². The van der Waals surface area contributed by atoms with E-state index in [1.54, 1.807) is 11.3 Å². The Morgan fingerprint density at radius 3 is 2.61 bits per heavy atom. The Labute approximate surface area is 143 Å². The van der Waals surface area contributed by atoms with Gasteiger partial charge in [0.05, 0.1) is 29.2 Å². The van der Waals surface area contributed by atoms with Crippen LogP contribution in [0.15, 0.2) is 17.5 Å². The van der Waals surface area contributed by atoms with E-state index in [0.29, 0.717) is 0 Å². The summed E-state index contributed by atoms with van der Waals surface area (Å²) in [5.74, 6) is -0.143. The van der Waals surface area contributed by atoms with Gasteiger partial charge in [0.1, 0.15) is 0 Å². The molecule has 8 heteroatoms. The van der Waals surface area contributed by atoms with Crippen molar-refractivity contribution in [2.24, 2.45) is 5.73 Å². The molecule has 2 unspecified atom stereocenters. The summed E-state index contributed by atoms with van der Waals surface area (Å²) >= 11 is 3.06. The van der Waals surface area contributed by atoms with Crippen LogP contribution in [0.1, 0.15) is 45.9 Å². The van der Waals surface area contributed by atoms with Gasteiger partial charge in [-0.05, 0) is 32.2 Å². The summed E-state index contributed by atoms with van der Waals surface area (Å²) in [4.78, 5) is 29.8. The van der Waals surface area contributed by atoms with Crippen LogP contribution in [0.3, 0.4) is 0 Å². The highest BCUT2D eigenvalue weighted by molar-refractivity contribution is 7.11. The Morgan fingerprint density at radius 1 is 1.35 bits per heavy atom. The Hall–Kier alpha value is -1.93. The molecule has 6 nitrogen and oxygen atoms in total. The predicted molar refractivity (Wildman–Crippen MR) is 92.5 cm³/mol. The maximum Gasteiger partial charge on any atom is 0.312 e. The zero-order valence-corrected chi connectivity index (χ0v) is 14.9. The molecule has 2 aromatic heterocycles. The Morgan fingerprint density at radius 2 is 2.09 bits per heavy atom. The van der Waals surface area contributed by atoms with Crippen molar-refractivity contribution in [2.45, 2.75) is 39.3 Å². The van der Waals surface area contributed by atoms with E-state index in [-0.39, 0.29) is 18.4 Å². The molecule has 0 aliphatic carbocycles. The van der Waals surface area contributed by atoms with E-state index in [2.05, 4.69) is 15.6 Å². The first-order chi connectivity index (χ1) is 10.9. The fraction of sp³-hybridized carbons (Fsp3) is 0.400. The molecule has 2 heterocycles. The molecule has 3 amide bonds. The smallest absolute Gasteiger partial charge is 0.312 e. The number of hydrogen-bond donors (Lipinski definition) is 3. The fourth-order valence-electron chi connectivity index (χ4n) is 2.38. The number of primary amides is 1. The molecule has 0 aliphatic rings. The van der Waals surface area contributed by atoms with E-state index in [0.717, 1.165) is 20.5 Å². The third-order valence-corrected chi connectivity index (χ3v) is 5.54. The molecule has 0 saturated heterocycles. The van der Waals surface area contributed by atoms with E-state index in [1.165, 1.54) is 11.3 Å². The maximum absolute atomic E-state index is 12.3. The van der Waals surface area contributed by atoms with Crippen LogP contribution in [0, 0.1) is 13.8 Å². The van der Waals surface area contributed by atoms with Crippen LogP contribution >= 0.6 is 22.7 Å². The van der Waals surface area contributed by atoms with Gasteiger partial charge < -0.3 is 16.4 Å². The lowest BCUT2D eigenvalue weighted by atomic mass is 10.1. The second kappa shape index (κ2) is 7.56. The number of carbonyl (C=O) groups is 2. The third kappa shape index (κ3) is 4.77. The Kier molecular flexibility index (Phi) is 5.73. The first-order valence-corrected chi connectivity index (χ1v) is 8.89. The number of hydrogen-bond acceptors (Lipinski definition) is 5. The number of amides is 3. The first kappa shape index (κ1) is 17.4. The minimum atomic E-state index is -0.641. The molecule has 23 heavy (non-hydrogen) atoms. The fourth-order valence-corrected chi connectivity index (χ4v) is 4.09. The molecule has 0 aromatic carbocycles. The molecule has 0 aliphatic heterocycles. The number of thiazole rings is 1. The van der Waals surface area contributed by atoms with E-state index in [9.17, 15) is 9.59 Å². The standard InChI is InChI=1S/C15H20N4O2S2/c1-8-14(23-10(3)17-8)9(2)18-13(20)7-11(19-15(16)21)12-5-4-6-22-12/h4-6,9,11H,7H2,1-3H3,(H,18,20)(H3,16,19,21). The minimum absolute atomic E-state index is 0.119. The summed E-state index contributed by atoms with van der Waals surface area (Å²) in [7, 11) is 0. The molecule has 2 atom stereocenters. The van der Waals surface area contributed by atoms with Crippen molar-refractivity contribution in [1.82, 2.24) is 15.6 Å². The maximum atomic E-state index is 12.3. The second-order valence-electron chi connectivity index (χ2n) is 5.25. The van der Waals surface area contributed by atoms with Crippen molar-refractivity contribution in [2.75, 3.05) is 0 Å². The van der Waals surface area contributed by atoms with Gasteiger partial charge in [0.2, 0.25) is 5.91 Å². The number of rotatable bonds is 6. The number of thiophene rings is 1. The van der Waals surface area contributed by atoms with E-state index in [4.69, 9.17) is 5.73 Å². The zero-order valence-electron chi connectivity index (χ0n) is 13.3. The lowest BCUT2D eigenvalue weighted by Crippen LogP contribution is -2.36. The number of aromatic nitrogens is 1. The van der Waals surface area contributed by atoms with Gasteiger partial charge in [-0.15, -0.1) is 22.7 Å². The number of carbonyl (C=O) groups excluding carboxylic acids is 2. The summed E-state index contributed by atoms with van der Waals surface area (Å²) in [6, 6.07) is 2.58. The third-order valence-electron chi connectivity index (χ3n) is 3.30. The molecule has 0 radical (unpaired) electrons. The van der Waals surface area contributed by atoms with Crippen LogP contribution in [0.4, 0.5) is 4.79 Å². The summed E-state index contributed by atoms with van der Waals surface area (Å²) in [5, 5.41) is 8.46. The van der Waals surface area contributed by atoms with Crippen LogP contribution in [-0.4, -0.2) is 16.9 Å². The van der Waals surface area contributed by atoms with Gasteiger partial charge in [-0.1, -0.05) is 6.07 Å². The molecule has 0 fully saturated rings. The molecule has 0 saturated carbocycles. The lowest BCUT2D eigenvalue weighted by molar-refractivity contribution is -0.122. The average Bonchev–Trinajstić information content (AvgIpc) is 3.06. The van der Waals surface area contributed by atoms with Crippen molar-refractivity contribution in [3.05, 3.63) is 38.0 Å². The van der Waals surface area contributed by atoms with Gasteiger partial charge in [-0.2, -0.15) is 0 Å². The average molecular weight is 352 g/mol. The summed E-state index contributed by atoms with van der Waals surface area (Å²) in [6.45, 7) is 5.81. The van der Waals surface area contributed by atoms with Crippen LogP contribution in [0.25, 0.3) is 0 Å². The number of aryl methyl sites for hydroxylation is 2. The van der Waals surface area contributed by atoms with Gasteiger partial charge in [-0.25, -0.2) is 9.78 Å². The monoisotopic (exact) mass is 352 g/mol. The highest BCUT2D eigenvalue weighted by atomic mass is 32.1. The summed E-state index contributed by atoms with van der Waals surface area (Å²) < 4.78 is 0. The molecule has 4 N–H and O–H groups in total. The predicted octanol–water partition coefficient (Wildman–Crippen LogP) is 2.80. The zero-order chi connectivity index (χ0) is 17.0. The molecule has 124 valence electrons. The van der Waals surface area contributed by atoms with Crippen LogP contribution in [-0.2, 0) is 4.79 Å². The number of nitrogens with zero attached hydrogens (tertiary/aromatic N) is 1. The number of nitrogens with two attached hydrogens (primary N) is 1. The van der Waals surface area contributed by atoms with Crippen LogP contribution in [0.5, 0.6) is 0 Å². The van der Waals surface area contributed by atoms with Crippen molar-refractivity contribution in [1.29, 1.82) is 0 Å². The van der Waals surface area contributed by atoms with Crippen molar-refractivity contribution in [3.63, 3.8) is 0 Å². The van der Waals surface area contributed by atoms with Gasteiger partial charge in [0, 0.05) is 9.75 Å². The summed E-state index contributed by atoms with van der Waals surface area (Å²) in [6.07, 6.45) is 0.143. The van der Waals surface area contributed by atoms with Gasteiger partial charge in [0.15, 0.2) is 0 Å². The van der Waals surface area contributed by atoms with Crippen molar-refractivity contribution < 1.29 is 9.59 Å². The Balaban J connectivity index is 2.01. The van der Waals surface area contributed by atoms with E-state index in [1.807, 2.05) is 38.3 Å². The number of urea groups is 1. The lowest BCUT2D eigenvalue weighted by Gasteiger charge is -2.18. The normalized spacial score (nSPS) is 13.3. The minimum Gasteiger partial charge on any atom is -0.352 e. The quantitative estimate of drug-likeness (QED) is 0.745. The molecule has 0 bridgehead atoms. The van der Waals surface area contributed by atoms with E-state index >= 15 is 0 Å². The van der Waals surface area contributed by atoms with Crippen LogP contribution in [0.2, 0.25) is 0 Å². The van der Waals surface area contributed by atoms with Crippen molar-refractivity contribution >= 4 is 34.6 Å². The summed E-state index contributed by atoms with van der Waals surface area (Å²) in [5.41, 5.74) is 6.14. The topological polar surface area (TPSA) is 97.1 Å². The largest absolute Gasteiger partial charge is 0.352 e. The molecule has 2 rings (SSSR count). The Bertz CT molecular complexity index is 682. The van der Waals surface area contributed by atoms with Gasteiger partial charge in [-0.3, -0.25) is 4.79 Å². The SMILES string of the molecule is Cc1nc(C)c(C(C)NC(=O)CC(NC(N)=O)c2cccs2)s1. The highest BCUT2D eigenvalue weighted by Gasteiger charge is 2.21. The van der Waals surface area contributed by atoms with E-state index < -0.39 is 12.1 Å². The van der Waals surface area contributed by atoms with Gasteiger partial charge in [0.25, 0.3) is 0 Å². The van der Waals surface area contributed by atoms with Gasteiger partial charge >= 0.3 is 6.03 Å². The molecule has 2 aromatic rings. The van der Waals surface area contributed by atoms with Crippen LogP contribution < -0.4 is 16.4 Å². The highest BCUT2D eigenvalue weighted by Crippen LogP contribution is 2.26. The number of nitrogens with one attached hydrogen (secondary N) is 2. The first-order valence-electron chi connectivity index (χ1n) is 7.19. The second-order valence-corrected chi connectivity index (χ2v) is 7.47.